The SMILES string of the molecule is C[C@@H]1CCCC[C@H]1N1C(=O)C(=O)N(Cc2c(F)cccc2Cl)C1=O. The lowest BCUT2D eigenvalue weighted by Gasteiger charge is -2.34. The molecule has 1 aromatic rings. The molecule has 2 aliphatic rings. The molecule has 128 valence electrons. The van der Waals surface area contributed by atoms with Crippen LogP contribution >= 0.6 is 11.6 Å². The summed E-state index contributed by atoms with van der Waals surface area (Å²) in [6, 6.07) is 3.17. The fourth-order valence-corrected chi connectivity index (χ4v) is 3.70. The second kappa shape index (κ2) is 6.51. The van der Waals surface area contributed by atoms with Crippen LogP contribution in [-0.2, 0) is 16.1 Å². The highest BCUT2D eigenvalue weighted by molar-refractivity contribution is 6.44. The number of carbonyl (C=O) groups is 3. The van der Waals surface area contributed by atoms with Gasteiger partial charge in [-0.15, -0.1) is 0 Å². The molecule has 5 nitrogen and oxygen atoms in total. The number of rotatable bonds is 3. The Balaban J connectivity index is 1.87. The molecular weight excluding hydrogens is 335 g/mol. The zero-order chi connectivity index (χ0) is 17.4. The van der Waals surface area contributed by atoms with Gasteiger partial charge in [0.15, 0.2) is 0 Å². The molecule has 1 aromatic carbocycles. The van der Waals surface area contributed by atoms with Crippen LogP contribution in [0.25, 0.3) is 0 Å². The second-order valence-electron chi connectivity index (χ2n) is 6.38. The van der Waals surface area contributed by atoms with E-state index in [4.69, 9.17) is 11.6 Å². The van der Waals surface area contributed by atoms with E-state index in [0.717, 1.165) is 29.1 Å². The van der Waals surface area contributed by atoms with E-state index in [2.05, 4.69) is 0 Å². The van der Waals surface area contributed by atoms with Crippen molar-refractivity contribution in [2.75, 3.05) is 0 Å². The number of benzene rings is 1. The average molecular weight is 353 g/mol. The number of carbonyl (C=O) groups excluding carboxylic acids is 3. The van der Waals surface area contributed by atoms with E-state index in [1.165, 1.54) is 18.2 Å². The van der Waals surface area contributed by atoms with Gasteiger partial charge in [0.1, 0.15) is 5.82 Å². The molecule has 7 heteroatoms. The maximum absolute atomic E-state index is 13.9. The lowest BCUT2D eigenvalue weighted by molar-refractivity contribution is -0.144. The van der Waals surface area contributed by atoms with Gasteiger partial charge in [0.25, 0.3) is 0 Å². The molecule has 0 unspecified atom stereocenters. The third-order valence-electron chi connectivity index (χ3n) is 4.86. The zero-order valence-electron chi connectivity index (χ0n) is 13.3. The number of halogens is 2. The molecule has 1 aliphatic heterocycles. The minimum Gasteiger partial charge on any atom is -0.263 e. The van der Waals surface area contributed by atoms with Crippen molar-refractivity contribution in [2.24, 2.45) is 5.92 Å². The monoisotopic (exact) mass is 352 g/mol. The van der Waals surface area contributed by atoms with Gasteiger partial charge >= 0.3 is 17.8 Å². The number of nitrogens with zero attached hydrogens (tertiary/aromatic N) is 2. The number of hydrogen-bond donors (Lipinski definition) is 0. The van der Waals surface area contributed by atoms with Crippen LogP contribution in [0, 0.1) is 11.7 Å². The fraction of sp³-hybridized carbons (Fsp3) is 0.471. The summed E-state index contributed by atoms with van der Waals surface area (Å²) in [6.45, 7) is 1.64. The van der Waals surface area contributed by atoms with Crippen molar-refractivity contribution >= 4 is 29.4 Å². The van der Waals surface area contributed by atoms with Gasteiger partial charge in [0, 0.05) is 16.6 Å². The van der Waals surface area contributed by atoms with Crippen molar-refractivity contribution in [3.8, 4) is 0 Å². The first-order chi connectivity index (χ1) is 11.4. The summed E-state index contributed by atoms with van der Waals surface area (Å²) in [7, 11) is 0. The molecule has 1 saturated carbocycles. The van der Waals surface area contributed by atoms with E-state index < -0.39 is 23.7 Å². The molecule has 3 rings (SSSR count). The quantitative estimate of drug-likeness (QED) is 0.619. The van der Waals surface area contributed by atoms with Crippen LogP contribution in [0.15, 0.2) is 18.2 Å². The summed E-state index contributed by atoms with van der Waals surface area (Å²) in [5.74, 6) is -2.21. The van der Waals surface area contributed by atoms with E-state index in [1.807, 2.05) is 6.92 Å². The molecule has 0 spiro atoms. The molecule has 0 bridgehead atoms. The summed E-state index contributed by atoms with van der Waals surface area (Å²) < 4.78 is 13.9. The summed E-state index contributed by atoms with van der Waals surface area (Å²) in [5.41, 5.74) is 0.0345. The van der Waals surface area contributed by atoms with Crippen LogP contribution < -0.4 is 0 Å². The lowest BCUT2D eigenvalue weighted by Crippen LogP contribution is -2.46. The van der Waals surface area contributed by atoms with Gasteiger partial charge < -0.3 is 0 Å². The van der Waals surface area contributed by atoms with Crippen molar-refractivity contribution in [3.05, 3.63) is 34.6 Å². The topological polar surface area (TPSA) is 57.7 Å². The first-order valence-corrected chi connectivity index (χ1v) is 8.41. The highest BCUT2D eigenvalue weighted by atomic mass is 35.5. The Morgan fingerprint density at radius 3 is 2.54 bits per heavy atom. The Labute approximate surface area is 144 Å². The average Bonchev–Trinajstić information content (AvgIpc) is 2.75. The third kappa shape index (κ3) is 2.79. The molecule has 1 heterocycles. The van der Waals surface area contributed by atoms with E-state index >= 15 is 0 Å². The number of hydrogen-bond acceptors (Lipinski definition) is 3. The first-order valence-electron chi connectivity index (χ1n) is 8.03. The molecule has 0 radical (unpaired) electrons. The zero-order valence-corrected chi connectivity index (χ0v) is 14.1. The maximum atomic E-state index is 13.9. The van der Waals surface area contributed by atoms with Crippen molar-refractivity contribution in [3.63, 3.8) is 0 Å². The molecule has 2 atom stereocenters. The van der Waals surface area contributed by atoms with Crippen LogP contribution in [-0.4, -0.2) is 33.7 Å². The van der Waals surface area contributed by atoms with E-state index in [9.17, 15) is 18.8 Å². The van der Waals surface area contributed by atoms with E-state index in [0.29, 0.717) is 6.42 Å². The van der Waals surface area contributed by atoms with Crippen LogP contribution in [0.4, 0.5) is 9.18 Å². The predicted octanol–water partition coefficient (Wildman–Crippen LogP) is 3.35. The maximum Gasteiger partial charge on any atom is 0.334 e. The molecule has 0 N–H and O–H groups in total. The van der Waals surface area contributed by atoms with Gasteiger partial charge in [-0.2, -0.15) is 0 Å². The van der Waals surface area contributed by atoms with Gasteiger partial charge in [-0.1, -0.05) is 37.4 Å². The van der Waals surface area contributed by atoms with Gasteiger partial charge in [-0.05, 0) is 30.9 Å². The Kier molecular flexibility index (Phi) is 4.58. The van der Waals surface area contributed by atoms with Crippen molar-refractivity contribution in [2.45, 2.75) is 45.2 Å². The molecule has 24 heavy (non-hydrogen) atoms. The highest BCUT2D eigenvalue weighted by Crippen LogP contribution is 2.32. The summed E-state index contributed by atoms with van der Waals surface area (Å²) >= 11 is 5.96. The van der Waals surface area contributed by atoms with Crippen molar-refractivity contribution < 1.29 is 18.8 Å². The largest absolute Gasteiger partial charge is 0.334 e. The molecule has 4 amide bonds. The van der Waals surface area contributed by atoms with Crippen LogP contribution in [0.3, 0.4) is 0 Å². The van der Waals surface area contributed by atoms with E-state index in [-0.39, 0.29) is 29.1 Å². The Morgan fingerprint density at radius 2 is 1.88 bits per heavy atom. The highest BCUT2D eigenvalue weighted by Gasteiger charge is 2.49. The Morgan fingerprint density at radius 1 is 1.17 bits per heavy atom. The van der Waals surface area contributed by atoms with Gasteiger partial charge in [0.2, 0.25) is 0 Å². The van der Waals surface area contributed by atoms with E-state index in [1.54, 1.807) is 0 Å². The first kappa shape index (κ1) is 16.9. The number of urea groups is 1. The molecular formula is C17H18ClFN2O3. The number of imide groups is 2. The van der Waals surface area contributed by atoms with Crippen LogP contribution in [0.1, 0.15) is 38.2 Å². The van der Waals surface area contributed by atoms with Gasteiger partial charge in [-0.3, -0.25) is 19.4 Å². The third-order valence-corrected chi connectivity index (χ3v) is 5.21. The standard InChI is InChI=1S/C17H18ClFN2O3/c1-10-5-2-3-8-14(10)21-16(23)15(22)20(17(21)24)9-11-12(18)6-4-7-13(11)19/h4,6-7,10,14H,2-3,5,8-9H2,1H3/t10-,14-/m1/s1. The van der Waals surface area contributed by atoms with Crippen LogP contribution in [0.2, 0.25) is 5.02 Å². The fourth-order valence-electron chi connectivity index (χ4n) is 3.48. The summed E-state index contributed by atoms with van der Waals surface area (Å²) in [6.07, 6.45) is 3.57. The van der Waals surface area contributed by atoms with Gasteiger partial charge in [0.05, 0.1) is 6.54 Å². The Bertz CT molecular complexity index is 689. The minimum absolute atomic E-state index is 0.0345. The lowest BCUT2D eigenvalue weighted by atomic mass is 9.85. The summed E-state index contributed by atoms with van der Waals surface area (Å²) in [4.78, 5) is 39.1. The number of amides is 4. The Hall–Kier alpha value is -1.95. The van der Waals surface area contributed by atoms with Gasteiger partial charge in [-0.25, -0.2) is 9.18 Å². The summed E-state index contributed by atoms with van der Waals surface area (Å²) in [5, 5.41) is 0.118. The normalized spacial score (nSPS) is 24.9. The smallest absolute Gasteiger partial charge is 0.263 e. The molecule has 2 fully saturated rings. The van der Waals surface area contributed by atoms with Crippen molar-refractivity contribution in [1.29, 1.82) is 0 Å². The molecule has 1 saturated heterocycles. The minimum atomic E-state index is -0.919. The molecule has 0 aromatic heterocycles. The predicted molar refractivity (Wildman–Crippen MR) is 85.6 cm³/mol. The second-order valence-corrected chi connectivity index (χ2v) is 6.79. The van der Waals surface area contributed by atoms with Crippen LogP contribution in [0.5, 0.6) is 0 Å². The molecule has 1 aliphatic carbocycles. The van der Waals surface area contributed by atoms with Crippen molar-refractivity contribution in [1.82, 2.24) is 9.80 Å².